The molecule has 0 radical (unpaired) electrons. The van der Waals surface area contributed by atoms with Crippen molar-refractivity contribution in [1.82, 2.24) is 19.5 Å². The molecular weight excluding hydrogens is 508 g/mol. The van der Waals surface area contributed by atoms with Crippen molar-refractivity contribution in [2.24, 2.45) is 0 Å². The summed E-state index contributed by atoms with van der Waals surface area (Å²) in [5.74, 6) is -1.13. The fourth-order valence-corrected chi connectivity index (χ4v) is 5.36. The van der Waals surface area contributed by atoms with Gasteiger partial charge in [-0.2, -0.15) is 5.10 Å². The predicted molar refractivity (Wildman–Crippen MR) is 133 cm³/mol. The van der Waals surface area contributed by atoms with Crippen LogP contribution in [0.25, 0.3) is 33.1 Å². The quantitative estimate of drug-likeness (QED) is 0.292. The zero-order valence-corrected chi connectivity index (χ0v) is 20.7. The SMILES string of the molecule is COC(=O)Oc1ccc2c(c1)c(-c1c(F)cccc1F)nc1c(NC3CCN(S(C)(=O)=O)CC3)n[nH]c12. The minimum absolute atomic E-state index is 0.00441. The largest absolute Gasteiger partial charge is 0.513 e. The second-order valence-electron chi connectivity index (χ2n) is 8.70. The number of fused-ring (bicyclic) bond motifs is 3. The van der Waals surface area contributed by atoms with Gasteiger partial charge in [0.2, 0.25) is 10.0 Å². The molecule has 194 valence electrons. The van der Waals surface area contributed by atoms with Crippen molar-refractivity contribution in [1.29, 1.82) is 0 Å². The number of rotatable bonds is 5. The highest BCUT2D eigenvalue weighted by atomic mass is 32.2. The molecule has 0 aliphatic carbocycles. The van der Waals surface area contributed by atoms with Gasteiger partial charge in [-0.3, -0.25) is 5.10 Å². The Bertz CT molecular complexity index is 1600. The molecule has 2 N–H and O–H groups in total. The minimum Gasteiger partial charge on any atom is -0.437 e. The van der Waals surface area contributed by atoms with Crippen LogP contribution < -0.4 is 10.1 Å². The number of sulfonamides is 1. The molecule has 0 bridgehead atoms. The number of nitrogens with zero attached hydrogens (tertiary/aromatic N) is 3. The number of carbonyl (C=O) groups excluding carboxylic acids is 1. The number of ether oxygens (including phenoxy) is 2. The maximum Gasteiger partial charge on any atom is 0.513 e. The van der Waals surface area contributed by atoms with Crippen LogP contribution >= 0.6 is 0 Å². The number of piperidine rings is 1. The average Bonchev–Trinajstić information content (AvgIpc) is 3.26. The van der Waals surface area contributed by atoms with Crippen molar-refractivity contribution in [2.75, 3.05) is 31.8 Å². The van der Waals surface area contributed by atoms with Gasteiger partial charge in [-0.05, 0) is 43.2 Å². The van der Waals surface area contributed by atoms with E-state index in [1.807, 2.05) is 0 Å². The molecule has 3 heterocycles. The number of carbonyl (C=O) groups is 1. The molecule has 2 aromatic carbocycles. The molecule has 2 aromatic heterocycles. The molecular formula is C24H23F2N5O5S. The summed E-state index contributed by atoms with van der Waals surface area (Å²) in [6, 6.07) is 8.06. The van der Waals surface area contributed by atoms with Gasteiger partial charge < -0.3 is 14.8 Å². The molecule has 1 fully saturated rings. The zero-order valence-electron chi connectivity index (χ0n) is 19.9. The molecule has 13 heteroatoms. The number of hydrogen-bond acceptors (Lipinski definition) is 8. The van der Waals surface area contributed by atoms with Gasteiger partial charge in [0.15, 0.2) is 5.82 Å². The van der Waals surface area contributed by atoms with Gasteiger partial charge in [-0.25, -0.2) is 31.3 Å². The normalized spacial score (nSPS) is 15.2. The molecule has 1 saturated heterocycles. The maximum atomic E-state index is 14.9. The third-order valence-electron chi connectivity index (χ3n) is 6.31. The van der Waals surface area contributed by atoms with Crippen LogP contribution in [0.1, 0.15) is 12.8 Å². The van der Waals surface area contributed by atoms with E-state index in [1.54, 1.807) is 6.07 Å². The molecule has 1 aliphatic rings. The molecule has 0 amide bonds. The van der Waals surface area contributed by atoms with Crippen molar-refractivity contribution < 1.29 is 31.5 Å². The molecule has 4 aromatic rings. The van der Waals surface area contributed by atoms with E-state index >= 15 is 0 Å². The summed E-state index contributed by atoms with van der Waals surface area (Å²) in [6.45, 7) is 0.730. The van der Waals surface area contributed by atoms with Crippen LogP contribution in [-0.2, 0) is 14.8 Å². The van der Waals surface area contributed by atoms with Gasteiger partial charge in [0.25, 0.3) is 0 Å². The van der Waals surface area contributed by atoms with E-state index in [0.717, 1.165) is 12.1 Å². The molecule has 1 aliphatic heterocycles. The van der Waals surface area contributed by atoms with Gasteiger partial charge in [-0.15, -0.1) is 0 Å². The molecule has 5 rings (SSSR count). The molecule has 10 nitrogen and oxygen atoms in total. The van der Waals surface area contributed by atoms with Crippen molar-refractivity contribution >= 4 is 43.8 Å². The lowest BCUT2D eigenvalue weighted by Crippen LogP contribution is -2.41. The number of halogens is 2. The topological polar surface area (TPSA) is 127 Å². The zero-order chi connectivity index (χ0) is 26.3. The van der Waals surface area contributed by atoms with Gasteiger partial charge >= 0.3 is 6.16 Å². The van der Waals surface area contributed by atoms with Crippen LogP contribution in [0.4, 0.5) is 19.4 Å². The number of H-pyrrole nitrogens is 1. The maximum absolute atomic E-state index is 14.9. The summed E-state index contributed by atoms with van der Waals surface area (Å²) in [6.07, 6.45) is 1.35. The first-order chi connectivity index (χ1) is 17.7. The second kappa shape index (κ2) is 9.56. The van der Waals surface area contributed by atoms with Gasteiger partial charge in [-0.1, -0.05) is 6.07 Å². The van der Waals surface area contributed by atoms with Crippen LogP contribution in [0.2, 0.25) is 0 Å². The first-order valence-corrected chi connectivity index (χ1v) is 13.2. The number of benzene rings is 2. The first kappa shape index (κ1) is 24.8. The van der Waals surface area contributed by atoms with E-state index in [9.17, 15) is 22.0 Å². The number of aromatic nitrogens is 3. The molecule has 0 saturated carbocycles. The van der Waals surface area contributed by atoms with Crippen LogP contribution in [-0.4, -0.2) is 66.6 Å². The minimum atomic E-state index is -3.27. The smallest absolute Gasteiger partial charge is 0.437 e. The van der Waals surface area contributed by atoms with Gasteiger partial charge in [0.05, 0.1) is 30.1 Å². The summed E-state index contributed by atoms with van der Waals surface area (Å²) in [4.78, 5) is 16.2. The summed E-state index contributed by atoms with van der Waals surface area (Å²) in [5.41, 5.74) is 0.538. The average molecular weight is 532 g/mol. The number of anilines is 1. The van der Waals surface area contributed by atoms with E-state index in [1.165, 1.54) is 35.9 Å². The number of methoxy groups -OCH3 is 1. The lowest BCUT2D eigenvalue weighted by Gasteiger charge is -2.30. The Hall–Kier alpha value is -3.84. The molecule has 0 unspecified atom stereocenters. The highest BCUT2D eigenvalue weighted by Crippen LogP contribution is 2.38. The Balaban J connectivity index is 1.61. The fraction of sp³-hybridized carbons (Fsp3) is 0.292. The van der Waals surface area contributed by atoms with Crippen LogP contribution in [0.3, 0.4) is 0 Å². The van der Waals surface area contributed by atoms with Crippen molar-refractivity contribution in [3.05, 3.63) is 48.0 Å². The van der Waals surface area contributed by atoms with Crippen LogP contribution in [0, 0.1) is 11.6 Å². The van der Waals surface area contributed by atoms with Crippen LogP contribution in [0.15, 0.2) is 36.4 Å². The highest BCUT2D eigenvalue weighted by Gasteiger charge is 2.27. The standard InChI is InChI=1S/C24H23F2N5O5S/c1-35-24(32)36-14-6-7-15-16(12-14)20(19-17(25)4-3-5-18(19)26)28-22-21(15)29-30-23(22)27-13-8-10-31(11-9-13)37(2,33)34/h3-7,12-13H,8-11H2,1-2H3,(H2,27,29,30). The van der Waals surface area contributed by atoms with Crippen LogP contribution in [0.5, 0.6) is 5.75 Å². The summed E-state index contributed by atoms with van der Waals surface area (Å²) in [7, 11) is -2.10. The number of nitrogens with one attached hydrogen (secondary N) is 2. The van der Waals surface area contributed by atoms with E-state index in [-0.39, 0.29) is 23.0 Å². The Morgan fingerprint density at radius 1 is 1.14 bits per heavy atom. The lowest BCUT2D eigenvalue weighted by atomic mass is 10.0. The number of hydrogen-bond donors (Lipinski definition) is 2. The molecule has 0 atom stereocenters. The number of aromatic amines is 1. The monoisotopic (exact) mass is 531 g/mol. The van der Waals surface area contributed by atoms with E-state index in [0.29, 0.717) is 53.6 Å². The fourth-order valence-electron chi connectivity index (χ4n) is 4.48. The number of pyridine rings is 1. The highest BCUT2D eigenvalue weighted by molar-refractivity contribution is 7.88. The van der Waals surface area contributed by atoms with Crippen molar-refractivity contribution in [3.8, 4) is 17.0 Å². The Kier molecular flexibility index (Phi) is 6.42. The van der Waals surface area contributed by atoms with Crippen molar-refractivity contribution in [2.45, 2.75) is 18.9 Å². The van der Waals surface area contributed by atoms with E-state index in [4.69, 9.17) is 4.74 Å². The first-order valence-electron chi connectivity index (χ1n) is 11.4. The van der Waals surface area contributed by atoms with E-state index in [2.05, 4.69) is 25.2 Å². The summed E-state index contributed by atoms with van der Waals surface area (Å²) < 4.78 is 64.5. The third kappa shape index (κ3) is 4.79. The third-order valence-corrected chi connectivity index (χ3v) is 7.61. The summed E-state index contributed by atoms with van der Waals surface area (Å²) in [5, 5.41) is 11.5. The molecule has 0 spiro atoms. The molecule has 37 heavy (non-hydrogen) atoms. The summed E-state index contributed by atoms with van der Waals surface area (Å²) >= 11 is 0. The van der Waals surface area contributed by atoms with E-state index < -0.39 is 27.8 Å². The Morgan fingerprint density at radius 2 is 1.84 bits per heavy atom. The Morgan fingerprint density at radius 3 is 2.49 bits per heavy atom. The van der Waals surface area contributed by atoms with Gasteiger partial charge in [0, 0.05) is 29.9 Å². The van der Waals surface area contributed by atoms with Gasteiger partial charge in [0.1, 0.15) is 22.9 Å². The second-order valence-corrected chi connectivity index (χ2v) is 10.7. The lowest BCUT2D eigenvalue weighted by molar-refractivity contribution is 0.121. The Labute approximate surface area is 210 Å². The van der Waals surface area contributed by atoms with Crippen molar-refractivity contribution in [3.63, 3.8) is 0 Å². The predicted octanol–water partition coefficient (Wildman–Crippen LogP) is 4.04.